The number of amides is 1. The molecule has 1 N–H and O–H groups in total. The predicted octanol–water partition coefficient (Wildman–Crippen LogP) is 2.16. The van der Waals surface area contributed by atoms with E-state index in [-0.39, 0.29) is 24.7 Å². The summed E-state index contributed by atoms with van der Waals surface area (Å²) < 4.78 is 8.81. The van der Waals surface area contributed by atoms with Crippen LogP contribution in [-0.4, -0.2) is 35.7 Å². The van der Waals surface area contributed by atoms with E-state index in [1.807, 2.05) is 11.8 Å². The maximum Gasteiger partial charge on any atom is 0.407 e. The Kier molecular flexibility index (Phi) is 7.34. The Morgan fingerprint density at radius 1 is 1.61 bits per heavy atom. The number of alkyl carbamates (subject to hydrolysis) is 1. The van der Waals surface area contributed by atoms with Crippen LogP contribution >= 0.6 is 24.7 Å². The van der Waals surface area contributed by atoms with Crippen molar-refractivity contribution in [2.75, 3.05) is 5.75 Å². The van der Waals surface area contributed by atoms with Crippen LogP contribution in [0.25, 0.3) is 0 Å². The molecule has 0 aromatic carbocycles. The highest BCUT2D eigenvalue weighted by Gasteiger charge is 2.44. The van der Waals surface area contributed by atoms with Crippen LogP contribution in [0, 0.1) is 0 Å². The highest BCUT2D eigenvalue weighted by molar-refractivity contribution is 8.00. The zero-order chi connectivity index (χ0) is 13.4. The summed E-state index contributed by atoms with van der Waals surface area (Å²) in [4.78, 5) is 19.9. The average Bonchev–Trinajstić information content (AvgIpc) is 2.90. The molecular formula is C11H19NO4S2. The van der Waals surface area contributed by atoms with Gasteiger partial charge < -0.3 is 14.2 Å². The van der Waals surface area contributed by atoms with Gasteiger partial charge in [-0.2, -0.15) is 11.8 Å². The van der Waals surface area contributed by atoms with E-state index in [0.29, 0.717) is 5.25 Å². The van der Waals surface area contributed by atoms with Crippen molar-refractivity contribution >= 4 is 37.2 Å². The molecule has 1 amide bonds. The first-order valence-corrected chi connectivity index (χ1v) is 7.47. The molecule has 2 heterocycles. The van der Waals surface area contributed by atoms with E-state index >= 15 is 0 Å². The highest BCUT2D eigenvalue weighted by atomic mass is 32.2. The fraction of sp³-hybridized carbons (Fsp3) is 0.818. The van der Waals surface area contributed by atoms with E-state index in [1.165, 1.54) is 25.7 Å². The minimum atomic E-state index is -0.221. The molecule has 2 rings (SSSR count). The number of unbranched alkanes of at least 4 members (excludes halogenated alkanes) is 2. The summed E-state index contributed by atoms with van der Waals surface area (Å²) in [6.45, 7) is 2.45. The smallest absolute Gasteiger partial charge is 0.407 e. The first kappa shape index (κ1) is 15.5. The van der Waals surface area contributed by atoms with E-state index in [2.05, 4.69) is 29.3 Å². The number of carbonyl (C=O) groups is 2. The number of thiol groups is 1. The fourth-order valence-corrected chi connectivity index (χ4v) is 3.61. The average molecular weight is 293 g/mol. The Morgan fingerprint density at radius 3 is 2.94 bits per heavy atom. The molecule has 0 aromatic rings. The van der Waals surface area contributed by atoms with Crippen molar-refractivity contribution < 1.29 is 18.5 Å². The van der Waals surface area contributed by atoms with Gasteiger partial charge in [-0.05, 0) is 6.42 Å². The summed E-state index contributed by atoms with van der Waals surface area (Å²) in [5.41, 5.74) is 0. The molecule has 7 heteroatoms. The first-order chi connectivity index (χ1) is 8.72. The summed E-state index contributed by atoms with van der Waals surface area (Å²) in [6.07, 6.45) is 4.91. The molecule has 0 aromatic heterocycles. The molecule has 0 spiro atoms. The lowest BCUT2D eigenvalue weighted by atomic mass is 10.1. The molecule has 0 saturated carbocycles. The van der Waals surface area contributed by atoms with Crippen molar-refractivity contribution in [2.45, 2.75) is 50.0 Å². The number of hydrogen-bond acceptors (Lipinski definition) is 6. The van der Waals surface area contributed by atoms with E-state index in [9.17, 15) is 4.79 Å². The zero-order valence-electron chi connectivity index (χ0n) is 10.3. The predicted molar refractivity (Wildman–Crippen MR) is 73.7 cm³/mol. The van der Waals surface area contributed by atoms with Crippen LogP contribution in [0.1, 0.15) is 32.6 Å². The topological polar surface area (TPSA) is 64.6 Å². The van der Waals surface area contributed by atoms with E-state index in [4.69, 9.17) is 9.53 Å². The highest BCUT2D eigenvalue weighted by Crippen LogP contribution is 2.35. The van der Waals surface area contributed by atoms with Gasteiger partial charge in [0.15, 0.2) is 0 Å². The second-order valence-corrected chi connectivity index (χ2v) is 5.67. The van der Waals surface area contributed by atoms with Crippen molar-refractivity contribution in [1.29, 1.82) is 0 Å². The van der Waals surface area contributed by atoms with Gasteiger partial charge in [0.2, 0.25) is 0 Å². The third-order valence-corrected chi connectivity index (χ3v) is 4.50. The van der Waals surface area contributed by atoms with Gasteiger partial charge in [0.05, 0.1) is 6.04 Å². The molecule has 3 atom stereocenters. The van der Waals surface area contributed by atoms with Gasteiger partial charge in [0.1, 0.15) is 6.10 Å². The van der Waals surface area contributed by atoms with Crippen LogP contribution < -0.4 is 5.32 Å². The zero-order valence-corrected chi connectivity index (χ0v) is 12.0. The second-order valence-electron chi connectivity index (χ2n) is 4.19. The Labute approximate surface area is 117 Å². The molecule has 0 aliphatic carbocycles. The molecular weight excluding hydrogens is 274 g/mol. The molecule has 3 unspecified atom stereocenters. The molecule has 2 aliphatic heterocycles. The molecule has 5 nitrogen and oxygen atoms in total. The van der Waals surface area contributed by atoms with Crippen LogP contribution in [0.2, 0.25) is 0 Å². The molecule has 0 bridgehead atoms. The van der Waals surface area contributed by atoms with Gasteiger partial charge in [-0.15, -0.1) is 0 Å². The molecule has 2 fully saturated rings. The third kappa shape index (κ3) is 4.61. The standard InChI is InChI=1S/C10H17NO2S.CH2O2S/c1-2-3-4-5-8-9-7(6-14-8)11-10(12)13-9;2-1-3-4/h7-9H,2-6H2,1H3,(H,11,12);1,4H. The summed E-state index contributed by atoms with van der Waals surface area (Å²) in [7, 11) is 0. The maximum absolute atomic E-state index is 11.0. The van der Waals surface area contributed by atoms with Crippen LogP contribution in [0.4, 0.5) is 4.79 Å². The lowest BCUT2D eigenvalue weighted by molar-refractivity contribution is -0.119. The molecule has 104 valence electrons. The monoisotopic (exact) mass is 293 g/mol. The summed E-state index contributed by atoms with van der Waals surface area (Å²) in [5.74, 6) is 1.02. The Hall–Kier alpha value is -0.560. The van der Waals surface area contributed by atoms with Gasteiger partial charge in [-0.3, -0.25) is 4.79 Å². The van der Waals surface area contributed by atoms with E-state index in [0.717, 1.165) is 5.75 Å². The molecule has 2 aliphatic rings. The van der Waals surface area contributed by atoms with Crippen molar-refractivity contribution in [1.82, 2.24) is 5.32 Å². The largest absolute Gasteiger partial charge is 0.443 e. The van der Waals surface area contributed by atoms with Gasteiger partial charge in [0, 0.05) is 23.9 Å². The first-order valence-electron chi connectivity index (χ1n) is 6.05. The van der Waals surface area contributed by atoms with Gasteiger partial charge >= 0.3 is 12.6 Å². The minimum Gasteiger partial charge on any atom is -0.443 e. The number of rotatable bonds is 5. The lowest BCUT2D eigenvalue weighted by Crippen LogP contribution is -2.32. The minimum absolute atomic E-state index is 0.143. The lowest BCUT2D eigenvalue weighted by Gasteiger charge is -2.14. The van der Waals surface area contributed by atoms with Crippen LogP contribution in [0.15, 0.2) is 0 Å². The second kappa shape index (κ2) is 8.53. The molecule has 18 heavy (non-hydrogen) atoms. The summed E-state index contributed by atoms with van der Waals surface area (Å²) in [6, 6.07) is 0.277. The molecule has 2 saturated heterocycles. The third-order valence-electron chi connectivity index (χ3n) is 2.93. The Morgan fingerprint density at radius 2 is 2.33 bits per heavy atom. The van der Waals surface area contributed by atoms with Crippen LogP contribution in [0.3, 0.4) is 0 Å². The van der Waals surface area contributed by atoms with Crippen molar-refractivity contribution in [2.24, 2.45) is 0 Å². The van der Waals surface area contributed by atoms with E-state index in [1.54, 1.807) is 0 Å². The Balaban J connectivity index is 0.000000357. The quantitative estimate of drug-likeness (QED) is 0.352. The SMILES string of the molecule is CCCCCC1SCC2NC(=O)OC21.O=COS. The number of carbonyl (C=O) groups excluding carboxylic acids is 2. The van der Waals surface area contributed by atoms with Crippen LogP contribution in [-0.2, 0) is 13.7 Å². The number of nitrogens with one attached hydrogen (secondary N) is 1. The van der Waals surface area contributed by atoms with Gasteiger partial charge in [0.25, 0.3) is 0 Å². The van der Waals surface area contributed by atoms with E-state index < -0.39 is 0 Å². The normalized spacial score (nSPS) is 28.6. The van der Waals surface area contributed by atoms with Gasteiger partial charge in [-0.1, -0.05) is 26.2 Å². The number of thioether (sulfide) groups is 1. The summed E-state index contributed by atoms with van der Waals surface area (Å²) in [5, 5.41) is 3.39. The van der Waals surface area contributed by atoms with Crippen LogP contribution in [0.5, 0.6) is 0 Å². The van der Waals surface area contributed by atoms with Crippen molar-refractivity contribution in [3.05, 3.63) is 0 Å². The van der Waals surface area contributed by atoms with Crippen molar-refractivity contribution in [3.8, 4) is 0 Å². The van der Waals surface area contributed by atoms with Gasteiger partial charge in [-0.25, -0.2) is 4.79 Å². The number of hydrogen-bond donors (Lipinski definition) is 2. The van der Waals surface area contributed by atoms with Crippen molar-refractivity contribution in [3.63, 3.8) is 0 Å². The number of ether oxygens (including phenoxy) is 1. The number of fused-ring (bicyclic) bond motifs is 1. The maximum atomic E-state index is 11.0. The summed E-state index contributed by atoms with van der Waals surface area (Å²) >= 11 is 5.00. The fourth-order valence-electron chi connectivity index (χ4n) is 2.11. The molecule has 0 radical (unpaired) electrons. The Bertz CT molecular complexity index is 278.